The van der Waals surface area contributed by atoms with Gasteiger partial charge in [-0.05, 0) is 38.0 Å². The first-order valence-corrected chi connectivity index (χ1v) is 6.83. The van der Waals surface area contributed by atoms with Crippen molar-refractivity contribution in [1.82, 2.24) is 4.90 Å². The number of likely N-dealkylation sites (tertiary alicyclic amines) is 1. The lowest BCUT2D eigenvalue weighted by Gasteiger charge is -2.21. The maximum absolute atomic E-state index is 11.7. The average molecular weight is 263 g/mol. The molecule has 0 aromatic rings. The van der Waals surface area contributed by atoms with E-state index < -0.39 is 11.4 Å². The Labute approximate surface area is 111 Å². The van der Waals surface area contributed by atoms with Crippen LogP contribution in [-0.4, -0.2) is 27.8 Å². The van der Waals surface area contributed by atoms with E-state index >= 15 is 0 Å². The second kappa shape index (κ2) is 4.18. The maximum Gasteiger partial charge on any atom is 0.309 e. The minimum Gasteiger partial charge on any atom is -0.481 e. The van der Waals surface area contributed by atoms with Crippen molar-refractivity contribution in [1.29, 1.82) is 0 Å². The topological polar surface area (TPSA) is 74.7 Å². The molecule has 1 aliphatic heterocycles. The summed E-state index contributed by atoms with van der Waals surface area (Å²) in [5.41, 5.74) is 0.263. The summed E-state index contributed by atoms with van der Waals surface area (Å²) in [6.45, 7) is 0. The van der Waals surface area contributed by atoms with Gasteiger partial charge in [-0.3, -0.25) is 19.3 Å². The van der Waals surface area contributed by atoms with Gasteiger partial charge in [0.2, 0.25) is 11.8 Å². The molecule has 5 heteroatoms. The minimum absolute atomic E-state index is 0.114. The van der Waals surface area contributed by atoms with Crippen molar-refractivity contribution in [2.45, 2.75) is 44.9 Å². The number of hydrogen-bond donors (Lipinski definition) is 1. The van der Waals surface area contributed by atoms with Crippen LogP contribution in [0.1, 0.15) is 44.9 Å². The molecule has 2 unspecified atom stereocenters. The van der Waals surface area contributed by atoms with Crippen molar-refractivity contribution in [3.63, 3.8) is 0 Å². The third kappa shape index (κ3) is 1.88. The normalized spacial score (nSPS) is 37.2. The highest BCUT2D eigenvalue weighted by molar-refractivity contribution is 6.03. The van der Waals surface area contributed by atoms with E-state index in [1.165, 1.54) is 4.90 Å². The summed E-state index contributed by atoms with van der Waals surface area (Å²) >= 11 is 0. The number of allylic oxidation sites excluding steroid dienone is 2. The van der Waals surface area contributed by atoms with Gasteiger partial charge in [-0.2, -0.15) is 0 Å². The van der Waals surface area contributed by atoms with Crippen LogP contribution in [0, 0.1) is 11.3 Å². The number of carboxylic acid groups (broad SMARTS) is 1. The Morgan fingerprint density at radius 2 is 1.95 bits per heavy atom. The van der Waals surface area contributed by atoms with E-state index in [9.17, 15) is 19.5 Å². The van der Waals surface area contributed by atoms with Crippen LogP contribution in [-0.2, 0) is 14.4 Å². The van der Waals surface area contributed by atoms with Gasteiger partial charge in [0, 0.05) is 18.5 Å². The fraction of sp³-hybridized carbons (Fsp3) is 0.643. The lowest BCUT2D eigenvalue weighted by molar-refractivity contribution is -0.144. The summed E-state index contributed by atoms with van der Waals surface area (Å²) in [6.07, 6.45) is 5.89. The number of carbonyl (C=O) groups excluding carboxylic acids is 2. The monoisotopic (exact) mass is 263 g/mol. The highest BCUT2D eigenvalue weighted by atomic mass is 16.4. The largest absolute Gasteiger partial charge is 0.481 e. The van der Waals surface area contributed by atoms with Crippen molar-refractivity contribution < 1.29 is 19.5 Å². The number of fused-ring (bicyclic) bond motifs is 1. The van der Waals surface area contributed by atoms with Crippen molar-refractivity contribution in [2.24, 2.45) is 11.3 Å². The molecule has 2 atom stereocenters. The van der Waals surface area contributed by atoms with Gasteiger partial charge in [-0.15, -0.1) is 0 Å². The molecule has 2 amide bonds. The van der Waals surface area contributed by atoms with Crippen molar-refractivity contribution in [2.75, 3.05) is 0 Å². The molecule has 1 saturated carbocycles. The number of imide groups is 1. The first-order valence-electron chi connectivity index (χ1n) is 6.83. The second-order valence-corrected chi connectivity index (χ2v) is 5.76. The van der Waals surface area contributed by atoms with Gasteiger partial charge in [0.25, 0.3) is 0 Å². The fourth-order valence-electron chi connectivity index (χ4n) is 3.45. The Bertz CT molecular complexity index is 480. The van der Waals surface area contributed by atoms with Crippen LogP contribution < -0.4 is 0 Å². The number of carbonyl (C=O) groups is 3. The molecule has 2 aliphatic carbocycles. The molecule has 0 aromatic carbocycles. The summed E-state index contributed by atoms with van der Waals surface area (Å²) in [5, 5.41) is 9.28. The lowest BCUT2D eigenvalue weighted by atomic mass is 9.92. The molecule has 1 saturated heterocycles. The van der Waals surface area contributed by atoms with Gasteiger partial charge in [-0.1, -0.05) is 6.08 Å². The molecular formula is C14H17NO4. The molecular weight excluding hydrogens is 246 g/mol. The van der Waals surface area contributed by atoms with E-state index in [0.717, 1.165) is 18.5 Å². The molecule has 3 rings (SSSR count). The summed E-state index contributed by atoms with van der Waals surface area (Å²) in [7, 11) is 0. The van der Waals surface area contributed by atoms with E-state index in [1.54, 1.807) is 0 Å². The quantitative estimate of drug-likeness (QED) is 0.769. The van der Waals surface area contributed by atoms with Gasteiger partial charge in [-0.25, -0.2) is 0 Å². The van der Waals surface area contributed by atoms with Crippen LogP contribution in [0.4, 0.5) is 0 Å². The van der Waals surface area contributed by atoms with E-state index in [4.69, 9.17) is 0 Å². The summed E-state index contributed by atoms with van der Waals surface area (Å²) in [5.74, 6) is -0.710. The predicted molar refractivity (Wildman–Crippen MR) is 65.8 cm³/mol. The number of hydrogen-bond acceptors (Lipinski definition) is 3. The van der Waals surface area contributed by atoms with Crippen LogP contribution >= 0.6 is 0 Å². The number of nitrogens with zero attached hydrogens (tertiary/aromatic N) is 1. The van der Waals surface area contributed by atoms with Crippen molar-refractivity contribution in [3.05, 3.63) is 11.8 Å². The van der Waals surface area contributed by atoms with E-state index in [2.05, 4.69) is 0 Å². The molecule has 1 heterocycles. The molecule has 0 aromatic heterocycles. The highest BCUT2D eigenvalue weighted by Crippen LogP contribution is 2.59. The standard InChI is InChI=1S/C14H17NO4/c16-11-5-6-12(17)15(11)10-2-1-7-14(13(18)19)8-9(14)3-4-10/h2,9H,1,3-8H2,(H,18,19)/b10-2+. The zero-order chi connectivity index (χ0) is 13.6. The Morgan fingerprint density at radius 1 is 1.26 bits per heavy atom. The van der Waals surface area contributed by atoms with Gasteiger partial charge < -0.3 is 5.11 Å². The Hall–Kier alpha value is -1.65. The van der Waals surface area contributed by atoms with Crippen LogP contribution in [0.15, 0.2) is 11.8 Å². The average Bonchev–Trinajstić information content (AvgIpc) is 2.93. The Balaban J connectivity index is 1.76. The first-order chi connectivity index (χ1) is 9.04. The molecule has 102 valence electrons. The second-order valence-electron chi connectivity index (χ2n) is 5.76. The molecule has 3 aliphatic rings. The lowest BCUT2D eigenvalue weighted by Crippen LogP contribution is -2.29. The summed E-state index contributed by atoms with van der Waals surface area (Å²) < 4.78 is 0. The molecule has 19 heavy (non-hydrogen) atoms. The van der Waals surface area contributed by atoms with Gasteiger partial charge in [0.05, 0.1) is 5.41 Å². The third-order valence-electron chi connectivity index (χ3n) is 4.72. The van der Waals surface area contributed by atoms with E-state index in [0.29, 0.717) is 32.1 Å². The van der Waals surface area contributed by atoms with Crippen LogP contribution in [0.5, 0.6) is 0 Å². The minimum atomic E-state index is -0.692. The van der Waals surface area contributed by atoms with Crippen LogP contribution in [0.2, 0.25) is 0 Å². The SMILES string of the molecule is O=C1CCC(=O)N1/C1=C/CCC2(C(=O)O)CC2CC1. The zero-order valence-corrected chi connectivity index (χ0v) is 10.7. The first kappa shape index (κ1) is 12.4. The Kier molecular flexibility index (Phi) is 2.73. The van der Waals surface area contributed by atoms with E-state index in [-0.39, 0.29) is 17.7 Å². The molecule has 2 fully saturated rings. The van der Waals surface area contributed by atoms with Crippen molar-refractivity contribution >= 4 is 17.8 Å². The summed E-state index contributed by atoms with van der Waals surface area (Å²) in [4.78, 5) is 36.0. The number of carboxylic acids is 1. The molecule has 0 spiro atoms. The van der Waals surface area contributed by atoms with Gasteiger partial charge in [0.15, 0.2) is 0 Å². The van der Waals surface area contributed by atoms with Crippen LogP contribution in [0.3, 0.4) is 0 Å². The molecule has 1 N–H and O–H groups in total. The molecule has 5 nitrogen and oxygen atoms in total. The van der Waals surface area contributed by atoms with Gasteiger partial charge in [0.1, 0.15) is 0 Å². The molecule has 0 radical (unpaired) electrons. The van der Waals surface area contributed by atoms with Crippen LogP contribution in [0.25, 0.3) is 0 Å². The number of amides is 2. The number of rotatable bonds is 2. The van der Waals surface area contributed by atoms with Crippen molar-refractivity contribution in [3.8, 4) is 0 Å². The molecule has 0 bridgehead atoms. The number of aliphatic carboxylic acids is 1. The highest BCUT2D eigenvalue weighted by Gasteiger charge is 2.59. The maximum atomic E-state index is 11.7. The summed E-state index contributed by atoms with van der Waals surface area (Å²) in [6, 6.07) is 0. The zero-order valence-electron chi connectivity index (χ0n) is 10.7. The predicted octanol–water partition coefficient (Wildman–Crippen LogP) is 1.68. The fourth-order valence-corrected chi connectivity index (χ4v) is 3.45. The third-order valence-corrected chi connectivity index (χ3v) is 4.72. The van der Waals surface area contributed by atoms with Gasteiger partial charge >= 0.3 is 5.97 Å². The smallest absolute Gasteiger partial charge is 0.309 e. The van der Waals surface area contributed by atoms with E-state index in [1.807, 2.05) is 6.08 Å². The Morgan fingerprint density at radius 3 is 2.58 bits per heavy atom.